The van der Waals surface area contributed by atoms with Crippen LogP contribution in [0.25, 0.3) is 0 Å². The third kappa shape index (κ3) is 3.21. The summed E-state index contributed by atoms with van der Waals surface area (Å²) in [6.07, 6.45) is 6.79. The number of nitrogens with zero attached hydrogens (tertiary/aromatic N) is 3. The normalized spacial score (nSPS) is 26.0. The van der Waals surface area contributed by atoms with E-state index >= 15 is 0 Å². The zero-order valence-corrected chi connectivity index (χ0v) is 14.4. The molecule has 128 valence electrons. The van der Waals surface area contributed by atoms with Crippen molar-refractivity contribution in [3.63, 3.8) is 0 Å². The highest BCUT2D eigenvalue weighted by atomic mass is 35.5. The van der Waals surface area contributed by atoms with Crippen LogP contribution < -0.4 is 0 Å². The second-order valence-corrected chi connectivity index (χ2v) is 7.47. The van der Waals surface area contributed by atoms with Gasteiger partial charge in [0, 0.05) is 17.0 Å². The summed E-state index contributed by atoms with van der Waals surface area (Å²) < 4.78 is 13.3. The Bertz CT molecular complexity index is 653. The molecule has 0 radical (unpaired) electrons. The van der Waals surface area contributed by atoms with Crippen molar-refractivity contribution in [2.24, 2.45) is 17.3 Å². The Morgan fingerprint density at radius 1 is 1.21 bits per heavy atom. The first kappa shape index (κ1) is 16.1. The van der Waals surface area contributed by atoms with Crippen molar-refractivity contribution in [1.82, 2.24) is 14.8 Å². The Labute approximate surface area is 146 Å². The minimum Gasteiger partial charge on any atom is -0.355 e. The molecule has 0 amide bonds. The molecule has 2 fully saturated rings. The number of benzene rings is 1. The van der Waals surface area contributed by atoms with Crippen molar-refractivity contribution in [2.45, 2.75) is 25.8 Å². The maximum absolute atomic E-state index is 6.02. The molecule has 2 heterocycles. The highest BCUT2D eigenvalue weighted by Gasteiger charge is 2.50. The molecule has 1 saturated carbocycles. The number of hydrogen-bond acceptors (Lipinski definition) is 4. The molecule has 1 saturated heterocycles. The molecule has 1 aromatic carbocycles. The molecule has 4 rings (SSSR count). The molecule has 2 atom stereocenters. The Hall–Kier alpha value is -1.43. The van der Waals surface area contributed by atoms with Gasteiger partial charge in [0.05, 0.1) is 13.2 Å². The van der Waals surface area contributed by atoms with Gasteiger partial charge in [-0.05, 0) is 48.8 Å². The minimum absolute atomic E-state index is 0.0985. The van der Waals surface area contributed by atoms with Crippen molar-refractivity contribution in [1.29, 1.82) is 0 Å². The standard InChI is InChI=1S/C18H22ClN3O2/c19-16-3-1-14(2-4-16)7-15-5-6-18(9-23-13-24-10-18)17(15)8-22-12-20-11-21-22/h1-4,11-12,15,17H,5-10,13H2. The van der Waals surface area contributed by atoms with Crippen LogP contribution in [0.15, 0.2) is 36.9 Å². The van der Waals surface area contributed by atoms with Gasteiger partial charge in [0.15, 0.2) is 0 Å². The van der Waals surface area contributed by atoms with Gasteiger partial charge in [-0.1, -0.05) is 23.7 Å². The van der Waals surface area contributed by atoms with E-state index in [1.165, 1.54) is 12.0 Å². The molecule has 0 bridgehead atoms. The van der Waals surface area contributed by atoms with Crippen LogP contribution in [0.2, 0.25) is 5.02 Å². The molecule has 24 heavy (non-hydrogen) atoms. The highest BCUT2D eigenvalue weighted by molar-refractivity contribution is 6.30. The Balaban J connectivity index is 1.56. The lowest BCUT2D eigenvalue weighted by molar-refractivity contribution is -0.179. The quantitative estimate of drug-likeness (QED) is 0.852. The predicted molar refractivity (Wildman–Crippen MR) is 90.6 cm³/mol. The fourth-order valence-electron chi connectivity index (χ4n) is 4.35. The molecule has 1 aliphatic heterocycles. The van der Waals surface area contributed by atoms with E-state index in [0.29, 0.717) is 18.6 Å². The molecule has 2 aromatic rings. The number of ether oxygens (including phenoxy) is 2. The molecule has 6 heteroatoms. The monoisotopic (exact) mass is 347 g/mol. The third-order valence-electron chi connectivity index (χ3n) is 5.58. The summed E-state index contributed by atoms with van der Waals surface area (Å²) in [5.41, 5.74) is 1.43. The van der Waals surface area contributed by atoms with Gasteiger partial charge in [0.1, 0.15) is 19.4 Å². The summed E-state index contributed by atoms with van der Waals surface area (Å²) in [6.45, 7) is 2.84. The van der Waals surface area contributed by atoms with Gasteiger partial charge in [-0.15, -0.1) is 0 Å². The zero-order valence-electron chi connectivity index (χ0n) is 13.6. The molecule has 2 aliphatic rings. The van der Waals surface area contributed by atoms with Crippen LogP contribution in [0, 0.1) is 17.3 Å². The van der Waals surface area contributed by atoms with E-state index < -0.39 is 0 Å². The first-order valence-corrected chi connectivity index (χ1v) is 8.85. The summed E-state index contributed by atoms with van der Waals surface area (Å²) in [7, 11) is 0. The summed E-state index contributed by atoms with van der Waals surface area (Å²) >= 11 is 6.02. The second kappa shape index (κ2) is 6.82. The van der Waals surface area contributed by atoms with E-state index in [0.717, 1.165) is 37.6 Å². The highest BCUT2D eigenvalue weighted by Crippen LogP contribution is 2.50. The van der Waals surface area contributed by atoms with Gasteiger partial charge >= 0.3 is 0 Å². The van der Waals surface area contributed by atoms with E-state index in [4.69, 9.17) is 21.1 Å². The Morgan fingerprint density at radius 3 is 2.71 bits per heavy atom. The van der Waals surface area contributed by atoms with Gasteiger partial charge in [0.2, 0.25) is 0 Å². The van der Waals surface area contributed by atoms with Crippen molar-refractivity contribution in [3.05, 3.63) is 47.5 Å². The van der Waals surface area contributed by atoms with Crippen LogP contribution in [-0.4, -0.2) is 34.8 Å². The number of rotatable bonds is 4. The maximum Gasteiger partial charge on any atom is 0.146 e. The molecule has 5 nitrogen and oxygen atoms in total. The van der Waals surface area contributed by atoms with Crippen LogP contribution in [0.3, 0.4) is 0 Å². The SMILES string of the molecule is Clc1ccc(CC2CCC3(COCOC3)C2Cn2cncn2)cc1. The van der Waals surface area contributed by atoms with Crippen molar-refractivity contribution >= 4 is 11.6 Å². The first-order valence-electron chi connectivity index (χ1n) is 8.48. The van der Waals surface area contributed by atoms with Crippen LogP contribution in [-0.2, 0) is 22.4 Å². The van der Waals surface area contributed by atoms with Gasteiger partial charge in [-0.2, -0.15) is 5.10 Å². The average molecular weight is 348 g/mol. The molecule has 0 N–H and O–H groups in total. The molecular formula is C18H22ClN3O2. The number of hydrogen-bond donors (Lipinski definition) is 0. The minimum atomic E-state index is 0.0985. The van der Waals surface area contributed by atoms with E-state index in [1.807, 2.05) is 16.8 Å². The molecule has 1 spiro atoms. The largest absolute Gasteiger partial charge is 0.355 e. The fourth-order valence-corrected chi connectivity index (χ4v) is 4.47. The van der Waals surface area contributed by atoms with E-state index in [1.54, 1.807) is 12.7 Å². The predicted octanol–water partition coefficient (Wildman–Crippen LogP) is 3.19. The summed E-state index contributed by atoms with van der Waals surface area (Å²) in [4.78, 5) is 4.09. The lowest BCUT2D eigenvalue weighted by Crippen LogP contribution is -2.43. The topological polar surface area (TPSA) is 49.2 Å². The lowest BCUT2D eigenvalue weighted by Gasteiger charge is -2.39. The Morgan fingerprint density at radius 2 is 2.00 bits per heavy atom. The smallest absolute Gasteiger partial charge is 0.146 e. The average Bonchev–Trinajstić information content (AvgIpc) is 3.22. The van der Waals surface area contributed by atoms with Gasteiger partial charge in [-0.25, -0.2) is 4.98 Å². The second-order valence-electron chi connectivity index (χ2n) is 7.03. The summed E-state index contributed by atoms with van der Waals surface area (Å²) in [5.74, 6) is 1.05. The van der Waals surface area contributed by atoms with E-state index in [-0.39, 0.29) is 5.41 Å². The van der Waals surface area contributed by atoms with Crippen LogP contribution in [0.5, 0.6) is 0 Å². The molecule has 2 unspecified atom stereocenters. The maximum atomic E-state index is 6.02. The summed E-state index contributed by atoms with van der Waals surface area (Å²) in [5, 5.41) is 5.10. The third-order valence-corrected chi connectivity index (χ3v) is 5.83. The fraction of sp³-hybridized carbons (Fsp3) is 0.556. The summed E-state index contributed by atoms with van der Waals surface area (Å²) in [6, 6.07) is 8.21. The van der Waals surface area contributed by atoms with Crippen LogP contribution in [0.1, 0.15) is 18.4 Å². The van der Waals surface area contributed by atoms with Crippen molar-refractivity contribution in [3.8, 4) is 0 Å². The van der Waals surface area contributed by atoms with Gasteiger partial charge < -0.3 is 9.47 Å². The van der Waals surface area contributed by atoms with E-state index in [2.05, 4.69) is 22.2 Å². The first-order chi connectivity index (χ1) is 11.8. The van der Waals surface area contributed by atoms with Crippen LogP contribution in [0.4, 0.5) is 0 Å². The van der Waals surface area contributed by atoms with Crippen LogP contribution >= 0.6 is 11.6 Å². The van der Waals surface area contributed by atoms with Gasteiger partial charge in [0.25, 0.3) is 0 Å². The molecule has 1 aliphatic carbocycles. The molecule has 1 aromatic heterocycles. The zero-order chi connectivity index (χ0) is 16.4. The molecular weight excluding hydrogens is 326 g/mol. The number of aromatic nitrogens is 3. The van der Waals surface area contributed by atoms with Crippen molar-refractivity contribution in [2.75, 3.05) is 20.0 Å². The Kier molecular flexibility index (Phi) is 4.57. The van der Waals surface area contributed by atoms with Crippen molar-refractivity contribution < 1.29 is 9.47 Å². The van der Waals surface area contributed by atoms with Gasteiger partial charge in [-0.3, -0.25) is 4.68 Å². The lowest BCUT2D eigenvalue weighted by atomic mass is 9.74. The number of halogens is 1. The van der Waals surface area contributed by atoms with E-state index in [9.17, 15) is 0 Å².